The van der Waals surface area contributed by atoms with Gasteiger partial charge in [-0.3, -0.25) is 19.3 Å². The van der Waals surface area contributed by atoms with Gasteiger partial charge in [0.25, 0.3) is 5.91 Å². The molecule has 1 fully saturated rings. The molecule has 2 amide bonds. The number of β-lactam (4-membered cyclic amide) rings is 1. The highest BCUT2D eigenvalue weighted by Gasteiger charge is 2.56. The number of carboxylic acid groups (broad SMARTS) is 1. The number of fused-ring (bicyclic) bond motifs is 1. The Labute approximate surface area is 181 Å². The number of rotatable bonds is 7. The molecule has 0 aliphatic carbocycles. The number of nitrogens with one attached hydrogen (secondary N) is 1. The van der Waals surface area contributed by atoms with Crippen LogP contribution in [0.4, 0.5) is 0 Å². The summed E-state index contributed by atoms with van der Waals surface area (Å²) in [4.78, 5) is 49.5. The molecule has 1 saturated heterocycles. The molecule has 4 N–H and O–H groups in total. The zero-order valence-electron chi connectivity index (χ0n) is 16.2. The smallest absolute Gasteiger partial charge is 0.352 e. The average Bonchev–Trinajstić information content (AvgIpc) is 2.74. The molecule has 0 aromatic heterocycles. The van der Waals surface area contributed by atoms with E-state index in [9.17, 15) is 24.3 Å². The van der Waals surface area contributed by atoms with Gasteiger partial charge in [0.15, 0.2) is 0 Å². The predicted octanol–water partition coefficient (Wildman–Crippen LogP) is 0.677. The second-order valence-corrected chi connectivity index (χ2v) is 9.10. The van der Waals surface area contributed by atoms with Crippen molar-refractivity contribution in [3.8, 4) is 0 Å². The van der Waals surface area contributed by atoms with E-state index >= 15 is 0 Å². The summed E-state index contributed by atoms with van der Waals surface area (Å²) in [6, 6.07) is 6.90. The van der Waals surface area contributed by atoms with Crippen LogP contribution in [0.15, 0.2) is 41.6 Å². The number of carbonyl (C=O) groups is 4. The number of esters is 1. The van der Waals surface area contributed by atoms with Gasteiger partial charge in [-0.1, -0.05) is 30.3 Å². The van der Waals surface area contributed by atoms with Crippen LogP contribution >= 0.6 is 23.5 Å². The van der Waals surface area contributed by atoms with Gasteiger partial charge in [0.1, 0.15) is 29.8 Å². The summed E-state index contributed by atoms with van der Waals surface area (Å²) in [5.41, 5.74) is 6.73. The summed E-state index contributed by atoms with van der Waals surface area (Å²) in [5, 5.41) is 11.8. The minimum atomic E-state index is -1.29. The van der Waals surface area contributed by atoms with Gasteiger partial charge in [-0.15, -0.1) is 23.5 Å². The van der Waals surface area contributed by atoms with E-state index in [0.717, 1.165) is 4.90 Å². The molecule has 4 atom stereocenters. The third-order valence-corrected chi connectivity index (χ3v) is 7.64. The van der Waals surface area contributed by atoms with E-state index in [2.05, 4.69) is 5.32 Å². The van der Waals surface area contributed by atoms with Crippen LogP contribution in [0.3, 0.4) is 0 Å². The number of carbonyl (C=O) groups excluding carboxylic acids is 3. The fraction of sp³-hybridized carbons (Fsp3) is 0.368. The molecule has 3 rings (SSSR count). The van der Waals surface area contributed by atoms with E-state index in [4.69, 9.17) is 10.5 Å². The Hall–Kier alpha value is -2.50. The maximum absolute atomic E-state index is 12.7. The zero-order valence-corrected chi connectivity index (χ0v) is 17.9. The van der Waals surface area contributed by atoms with Gasteiger partial charge in [0.2, 0.25) is 5.91 Å². The lowest BCUT2D eigenvalue weighted by molar-refractivity contribution is -0.151. The lowest BCUT2D eigenvalue weighted by Gasteiger charge is -2.51. The minimum Gasteiger partial charge on any atom is -0.477 e. The van der Waals surface area contributed by atoms with E-state index in [0.29, 0.717) is 11.1 Å². The number of carboxylic acids is 1. The Kier molecular flexibility index (Phi) is 6.74. The lowest BCUT2D eigenvalue weighted by atomic mass is 10.0. The van der Waals surface area contributed by atoms with E-state index < -0.39 is 41.2 Å². The third kappa shape index (κ3) is 4.18. The van der Waals surface area contributed by atoms with Crippen molar-refractivity contribution in [2.75, 3.05) is 12.9 Å². The molecular weight excluding hydrogens is 430 g/mol. The quantitative estimate of drug-likeness (QED) is 0.403. The van der Waals surface area contributed by atoms with Crippen LogP contribution < -0.4 is 11.1 Å². The van der Waals surface area contributed by atoms with Gasteiger partial charge in [-0.2, -0.15) is 0 Å². The van der Waals surface area contributed by atoms with Crippen molar-refractivity contribution in [1.29, 1.82) is 0 Å². The summed E-state index contributed by atoms with van der Waals surface area (Å²) in [7, 11) is 0. The first kappa shape index (κ1) is 22.2. The van der Waals surface area contributed by atoms with Crippen LogP contribution in [0.5, 0.6) is 0 Å². The van der Waals surface area contributed by atoms with Gasteiger partial charge in [-0.25, -0.2) is 4.79 Å². The number of thioether (sulfide) groups is 2. The van der Waals surface area contributed by atoms with E-state index in [-0.39, 0.29) is 16.9 Å². The lowest BCUT2D eigenvalue weighted by Crippen LogP contribution is -2.71. The first-order valence-corrected chi connectivity index (χ1v) is 11.2. The Balaban J connectivity index is 1.81. The van der Waals surface area contributed by atoms with Crippen molar-refractivity contribution in [3.63, 3.8) is 0 Å². The van der Waals surface area contributed by atoms with Crippen LogP contribution in [0.1, 0.15) is 18.5 Å². The molecule has 160 valence electrons. The number of hydrogen-bond acceptors (Lipinski definition) is 8. The molecule has 2 unspecified atom stereocenters. The van der Waals surface area contributed by atoms with Crippen molar-refractivity contribution >= 4 is 47.3 Å². The fourth-order valence-corrected chi connectivity index (χ4v) is 5.78. The van der Waals surface area contributed by atoms with Crippen LogP contribution in [-0.2, 0) is 23.9 Å². The maximum Gasteiger partial charge on any atom is 0.352 e. The molecule has 0 saturated carbocycles. The molecule has 0 radical (unpaired) electrons. The summed E-state index contributed by atoms with van der Waals surface area (Å²) >= 11 is 2.69. The highest BCUT2D eigenvalue weighted by atomic mass is 32.2. The molecule has 2 aliphatic rings. The standard InChI is InChI=1S/C19H21N3O6S2/c1-9(23)28-8-11-14(18(26)27)22-16(25)13(17(22)30-19(11)29-2)21-15(24)12(20)10-6-4-3-5-7-10/h3-7,12-13,17,19H,8,20H2,1-2H3,(H,21,24)(H,26,27)/t12?,13-,17-,19?/m1/s1. The molecule has 30 heavy (non-hydrogen) atoms. The van der Waals surface area contributed by atoms with Crippen LogP contribution in [-0.4, -0.2) is 62.6 Å². The highest BCUT2D eigenvalue weighted by Crippen LogP contribution is 2.47. The maximum atomic E-state index is 12.7. The number of amides is 2. The van der Waals surface area contributed by atoms with Crippen LogP contribution in [0.25, 0.3) is 0 Å². The summed E-state index contributed by atoms with van der Waals surface area (Å²) in [6.45, 7) is 1.01. The Bertz CT molecular complexity index is 907. The normalized spacial score (nSPS) is 23.9. The average molecular weight is 452 g/mol. The second-order valence-electron chi connectivity index (χ2n) is 6.64. The van der Waals surface area contributed by atoms with Crippen molar-refractivity contribution in [3.05, 3.63) is 47.2 Å². The minimum absolute atomic E-state index is 0.206. The van der Waals surface area contributed by atoms with E-state index in [1.54, 1.807) is 36.6 Å². The molecule has 2 aliphatic heterocycles. The van der Waals surface area contributed by atoms with E-state index in [1.807, 2.05) is 0 Å². The first-order chi connectivity index (χ1) is 14.3. The second kappa shape index (κ2) is 9.11. The van der Waals surface area contributed by atoms with Crippen molar-refractivity contribution in [2.45, 2.75) is 29.0 Å². The number of aliphatic carboxylic acids is 1. The van der Waals surface area contributed by atoms with Gasteiger partial charge in [0, 0.05) is 12.5 Å². The van der Waals surface area contributed by atoms with E-state index in [1.165, 1.54) is 30.4 Å². The molecule has 1 aromatic rings. The molecule has 0 spiro atoms. The summed E-state index contributed by atoms with van der Waals surface area (Å²) in [5.74, 6) is -2.90. The van der Waals surface area contributed by atoms with Gasteiger partial charge in [0.05, 0.1) is 4.58 Å². The van der Waals surface area contributed by atoms with Gasteiger partial charge in [-0.05, 0) is 11.8 Å². The molecule has 11 heteroatoms. The SMILES string of the molecule is CSC1S[C@@H]2[C@H](NC(=O)C(N)c3ccccc3)C(=O)N2C(C(=O)O)=C1COC(C)=O. The number of hydrogen-bond donors (Lipinski definition) is 3. The first-order valence-electron chi connectivity index (χ1n) is 8.98. The largest absolute Gasteiger partial charge is 0.477 e. The molecule has 1 aromatic carbocycles. The van der Waals surface area contributed by atoms with Crippen molar-refractivity contribution < 1.29 is 29.0 Å². The monoisotopic (exact) mass is 451 g/mol. The van der Waals surface area contributed by atoms with Gasteiger partial charge >= 0.3 is 11.9 Å². The summed E-state index contributed by atoms with van der Waals surface area (Å²) in [6.07, 6.45) is 1.79. The number of nitrogens with two attached hydrogens (primary N) is 1. The Morgan fingerprint density at radius 1 is 1.33 bits per heavy atom. The molecule has 0 bridgehead atoms. The number of nitrogens with zero attached hydrogens (tertiary/aromatic N) is 1. The molecule has 9 nitrogen and oxygen atoms in total. The predicted molar refractivity (Wildman–Crippen MR) is 112 cm³/mol. The number of benzene rings is 1. The number of ether oxygens (including phenoxy) is 1. The third-order valence-electron chi connectivity index (χ3n) is 4.72. The molecular formula is C19H21N3O6S2. The van der Waals surface area contributed by atoms with Crippen molar-refractivity contribution in [1.82, 2.24) is 10.2 Å². The van der Waals surface area contributed by atoms with Crippen molar-refractivity contribution in [2.24, 2.45) is 5.73 Å². The summed E-state index contributed by atoms with van der Waals surface area (Å²) < 4.78 is 4.64. The topological polar surface area (TPSA) is 139 Å². The fourth-order valence-electron chi connectivity index (χ4n) is 3.26. The van der Waals surface area contributed by atoms with Crippen LogP contribution in [0, 0.1) is 0 Å². The molecule has 2 heterocycles. The Morgan fingerprint density at radius 2 is 2.00 bits per heavy atom. The zero-order chi connectivity index (χ0) is 22.0. The Morgan fingerprint density at radius 3 is 2.57 bits per heavy atom. The van der Waals surface area contributed by atoms with Crippen LogP contribution in [0.2, 0.25) is 0 Å². The van der Waals surface area contributed by atoms with Gasteiger partial charge < -0.3 is 20.9 Å². The highest BCUT2D eigenvalue weighted by molar-refractivity contribution is 8.17.